The Hall–Kier alpha value is -1.44. The second-order valence-electron chi connectivity index (χ2n) is 4.80. The summed E-state index contributed by atoms with van der Waals surface area (Å²) in [4.78, 5) is 10.7. The van der Waals surface area contributed by atoms with Crippen LogP contribution in [0.1, 0.15) is 22.8 Å². The van der Waals surface area contributed by atoms with Crippen LogP contribution < -0.4 is 0 Å². The van der Waals surface area contributed by atoms with Crippen molar-refractivity contribution in [1.29, 1.82) is 0 Å². The number of benzene rings is 1. The highest BCUT2D eigenvalue weighted by Gasteiger charge is 2.27. The zero-order valence-electron chi connectivity index (χ0n) is 11.2. The van der Waals surface area contributed by atoms with Gasteiger partial charge in [0.05, 0.1) is 24.0 Å². The molecule has 1 aliphatic rings. The van der Waals surface area contributed by atoms with Gasteiger partial charge in [0.25, 0.3) is 0 Å². The van der Waals surface area contributed by atoms with Gasteiger partial charge in [-0.3, -0.25) is 0 Å². The fourth-order valence-electron chi connectivity index (χ4n) is 2.08. The zero-order valence-corrected chi connectivity index (χ0v) is 12.0. The Morgan fingerprint density at radius 3 is 2.60 bits per heavy atom. The average Bonchev–Trinajstić information content (AvgIpc) is 2.39. The number of carboxylic acids is 1. The minimum absolute atomic E-state index is 0.104. The molecule has 0 saturated carbocycles. The molecule has 1 aliphatic heterocycles. The molecule has 0 spiro atoms. The average molecular weight is 299 g/mol. The Bertz CT molecular complexity index is 581. The number of carbonyl (C=O) groups is 1. The number of sulfonamides is 1. The fourth-order valence-corrected chi connectivity index (χ4v) is 3.67. The summed E-state index contributed by atoms with van der Waals surface area (Å²) in [5.74, 6) is -1.15. The Morgan fingerprint density at radius 1 is 1.40 bits per heavy atom. The van der Waals surface area contributed by atoms with Gasteiger partial charge in [0.2, 0.25) is 10.0 Å². The van der Waals surface area contributed by atoms with Crippen molar-refractivity contribution in [2.75, 3.05) is 19.7 Å². The zero-order chi connectivity index (χ0) is 14.8. The Balaban J connectivity index is 2.09. The number of rotatable bonds is 4. The first-order valence-corrected chi connectivity index (χ1v) is 7.91. The molecule has 7 heteroatoms. The number of nitrogens with zero attached hydrogens (tertiary/aromatic N) is 1. The van der Waals surface area contributed by atoms with Crippen LogP contribution in [0, 0.1) is 0 Å². The molecule has 1 atom stereocenters. The molecule has 1 aromatic rings. The van der Waals surface area contributed by atoms with Crippen LogP contribution in [0.5, 0.6) is 0 Å². The number of hydrogen-bond donors (Lipinski definition) is 1. The van der Waals surface area contributed by atoms with E-state index >= 15 is 0 Å². The highest BCUT2D eigenvalue weighted by Crippen LogP contribution is 2.15. The summed E-state index contributed by atoms with van der Waals surface area (Å²) in [6, 6.07) is 5.89. The first kappa shape index (κ1) is 15.0. The first-order valence-electron chi connectivity index (χ1n) is 6.30. The van der Waals surface area contributed by atoms with Crippen molar-refractivity contribution in [3.05, 3.63) is 35.4 Å². The smallest absolute Gasteiger partial charge is 0.335 e. The minimum Gasteiger partial charge on any atom is -0.478 e. The van der Waals surface area contributed by atoms with E-state index in [-0.39, 0.29) is 17.4 Å². The number of morpholine rings is 1. The largest absolute Gasteiger partial charge is 0.478 e. The molecule has 1 heterocycles. The van der Waals surface area contributed by atoms with Gasteiger partial charge in [0.1, 0.15) is 0 Å². The molecular weight excluding hydrogens is 282 g/mol. The lowest BCUT2D eigenvalue weighted by atomic mass is 10.1. The van der Waals surface area contributed by atoms with Crippen molar-refractivity contribution in [2.45, 2.75) is 18.8 Å². The molecular formula is C13H17NO5S. The molecule has 0 bridgehead atoms. The summed E-state index contributed by atoms with van der Waals surface area (Å²) in [5.41, 5.74) is 0.722. The van der Waals surface area contributed by atoms with E-state index in [9.17, 15) is 13.2 Å². The van der Waals surface area contributed by atoms with Crippen LogP contribution in [0.25, 0.3) is 0 Å². The number of aromatic carboxylic acids is 1. The summed E-state index contributed by atoms with van der Waals surface area (Å²) in [7, 11) is -3.40. The second kappa shape index (κ2) is 5.90. The normalized spacial score (nSPS) is 20.8. The van der Waals surface area contributed by atoms with Gasteiger partial charge in [-0.15, -0.1) is 0 Å². The van der Waals surface area contributed by atoms with Crippen molar-refractivity contribution < 1.29 is 23.1 Å². The molecule has 1 saturated heterocycles. The molecule has 1 aromatic carbocycles. The van der Waals surface area contributed by atoms with E-state index in [4.69, 9.17) is 9.84 Å². The molecule has 1 N–H and O–H groups in total. The van der Waals surface area contributed by atoms with E-state index in [0.29, 0.717) is 25.3 Å². The minimum atomic E-state index is -3.40. The third kappa shape index (κ3) is 3.56. The molecule has 1 fully saturated rings. The summed E-state index contributed by atoms with van der Waals surface area (Å²) in [6.45, 7) is 2.96. The maximum atomic E-state index is 12.3. The number of hydrogen-bond acceptors (Lipinski definition) is 4. The molecule has 1 unspecified atom stereocenters. The van der Waals surface area contributed by atoms with Gasteiger partial charge in [0.15, 0.2) is 0 Å². The van der Waals surface area contributed by atoms with Crippen molar-refractivity contribution in [3.8, 4) is 0 Å². The Kier molecular flexibility index (Phi) is 4.42. The fraction of sp³-hybridized carbons (Fsp3) is 0.462. The van der Waals surface area contributed by atoms with E-state index < -0.39 is 16.0 Å². The van der Waals surface area contributed by atoms with Gasteiger partial charge < -0.3 is 9.84 Å². The van der Waals surface area contributed by atoms with E-state index in [1.165, 1.54) is 28.6 Å². The third-order valence-electron chi connectivity index (χ3n) is 3.15. The maximum absolute atomic E-state index is 12.3. The van der Waals surface area contributed by atoms with Gasteiger partial charge >= 0.3 is 5.97 Å². The highest BCUT2D eigenvalue weighted by molar-refractivity contribution is 7.88. The monoisotopic (exact) mass is 299 g/mol. The summed E-state index contributed by atoms with van der Waals surface area (Å²) in [6.07, 6.45) is -0.104. The third-order valence-corrected chi connectivity index (χ3v) is 4.96. The molecule has 20 heavy (non-hydrogen) atoms. The number of carboxylic acid groups (broad SMARTS) is 1. The van der Waals surface area contributed by atoms with Crippen LogP contribution in [0.4, 0.5) is 0 Å². The van der Waals surface area contributed by atoms with Gasteiger partial charge in [-0.05, 0) is 24.6 Å². The number of ether oxygens (including phenoxy) is 1. The standard InChI is InChI=1S/C13H17NO5S/c1-10-8-14(6-7-19-10)20(17,18)9-11-2-4-12(5-3-11)13(15)16/h2-5,10H,6-9H2,1H3,(H,15,16). The van der Waals surface area contributed by atoms with Crippen LogP contribution in [0.15, 0.2) is 24.3 Å². The van der Waals surface area contributed by atoms with Crippen molar-refractivity contribution in [2.24, 2.45) is 0 Å². The maximum Gasteiger partial charge on any atom is 0.335 e. The predicted octanol–water partition coefficient (Wildman–Crippen LogP) is 0.935. The molecule has 0 radical (unpaired) electrons. The van der Waals surface area contributed by atoms with E-state index in [1.54, 1.807) is 0 Å². The summed E-state index contributed by atoms with van der Waals surface area (Å²) in [5, 5.41) is 8.80. The lowest BCUT2D eigenvalue weighted by molar-refractivity contribution is 0.0101. The SMILES string of the molecule is CC1CN(S(=O)(=O)Cc2ccc(C(=O)O)cc2)CCO1. The Morgan fingerprint density at radius 2 is 2.05 bits per heavy atom. The topological polar surface area (TPSA) is 83.9 Å². The second-order valence-corrected chi connectivity index (χ2v) is 6.77. The van der Waals surface area contributed by atoms with Crippen LogP contribution in [-0.2, 0) is 20.5 Å². The van der Waals surface area contributed by atoms with Crippen LogP contribution in [0.2, 0.25) is 0 Å². The van der Waals surface area contributed by atoms with Crippen LogP contribution >= 0.6 is 0 Å². The molecule has 110 valence electrons. The lowest BCUT2D eigenvalue weighted by Crippen LogP contribution is -2.44. The molecule has 6 nitrogen and oxygen atoms in total. The van der Waals surface area contributed by atoms with E-state index in [1.807, 2.05) is 6.92 Å². The highest BCUT2D eigenvalue weighted by atomic mass is 32.2. The van der Waals surface area contributed by atoms with E-state index in [2.05, 4.69) is 0 Å². The van der Waals surface area contributed by atoms with E-state index in [0.717, 1.165) is 0 Å². The van der Waals surface area contributed by atoms with Crippen molar-refractivity contribution in [3.63, 3.8) is 0 Å². The summed E-state index contributed by atoms with van der Waals surface area (Å²) >= 11 is 0. The van der Waals surface area contributed by atoms with Gasteiger partial charge in [-0.25, -0.2) is 13.2 Å². The predicted molar refractivity (Wildman–Crippen MR) is 73.0 cm³/mol. The molecule has 0 aromatic heterocycles. The van der Waals surface area contributed by atoms with Crippen molar-refractivity contribution >= 4 is 16.0 Å². The molecule has 0 amide bonds. The quantitative estimate of drug-likeness (QED) is 0.894. The first-order chi connectivity index (χ1) is 9.38. The molecule has 0 aliphatic carbocycles. The van der Waals surface area contributed by atoms with Gasteiger partial charge in [-0.2, -0.15) is 4.31 Å². The van der Waals surface area contributed by atoms with Gasteiger partial charge in [0, 0.05) is 13.1 Å². The lowest BCUT2D eigenvalue weighted by Gasteiger charge is -2.30. The Labute approximate surface area is 118 Å². The van der Waals surface area contributed by atoms with Gasteiger partial charge in [-0.1, -0.05) is 12.1 Å². The van der Waals surface area contributed by atoms with Crippen LogP contribution in [-0.4, -0.2) is 49.6 Å². The summed E-state index contributed by atoms with van der Waals surface area (Å²) < 4.78 is 31.3. The molecule has 2 rings (SSSR count). The van der Waals surface area contributed by atoms with Crippen molar-refractivity contribution in [1.82, 2.24) is 4.31 Å². The van der Waals surface area contributed by atoms with Crippen LogP contribution in [0.3, 0.4) is 0 Å².